The van der Waals surface area contributed by atoms with Gasteiger partial charge in [-0.3, -0.25) is 9.59 Å². The van der Waals surface area contributed by atoms with Crippen LogP contribution in [0.1, 0.15) is 21.7 Å². The van der Waals surface area contributed by atoms with Gasteiger partial charge in [-0.15, -0.1) is 0 Å². The Labute approximate surface area is 157 Å². The van der Waals surface area contributed by atoms with E-state index in [0.717, 1.165) is 11.3 Å². The van der Waals surface area contributed by atoms with Crippen molar-refractivity contribution in [2.75, 3.05) is 22.5 Å². The van der Waals surface area contributed by atoms with Crippen molar-refractivity contribution in [1.29, 1.82) is 0 Å². The van der Waals surface area contributed by atoms with E-state index < -0.39 is 0 Å². The zero-order chi connectivity index (χ0) is 19.2. The topological polar surface area (TPSA) is 83.4 Å². The molecule has 0 aliphatic heterocycles. The Hall–Kier alpha value is -3.54. The number of hydrogen-bond donors (Lipinski definition) is 3. The van der Waals surface area contributed by atoms with Crippen molar-refractivity contribution in [2.24, 2.45) is 0 Å². The van der Waals surface area contributed by atoms with Gasteiger partial charge in [0.2, 0.25) is 5.91 Å². The molecule has 3 rings (SSSR count). The minimum Gasteiger partial charge on any atom is -0.459 e. The lowest BCUT2D eigenvalue weighted by Crippen LogP contribution is -2.22. The molecule has 2 amide bonds. The Balaban J connectivity index is 1.58. The Morgan fingerprint density at radius 2 is 1.67 bits per heavy atom. The molecule has 0 aliphatic rings. The maximum atomic E-state index is 12.2. The Bertz CT molecular complexity index is 949. The summed E-state index contributed by atoms with van der Waals surface area (Å²) in [5, 5.41) is 8.69. The van der Waals surface area contributed by atoms with Crippen LogP contribution in [-0.2, 0) is 4.79 Å². The Kier molecular flexibility index (Phi) is 5.56. The number of benzene rings is 2. The molecule has 0 bridgehead atoms. The largest absolute Gasteiger partial charge is 0.459 e. The molecular formula is C21H21N3O3. The minimum absolute atomic E-state index is 0.146. The second-order valence-electron chi connectivity index (χ2n) is 6.16. The smallest absolute Gasteiger partial charge is 0.291 e. The first-order valence-electron chi connectivity index (χ1n) is 8.58. The molecule has 0 fully saturated rings. The molecule has 1 aromatic heterocycles. The van der Waals surface area contributed by atoms with Crippen molar-refractivity contribution in [3.05, 3.63) is 77.7 Å². The summed E-state index contributed by atoms with van der Waals surface area (Å²) in [5.74, 6) is -0.298. The van der Waals surface area contributed by atoms with Crippen LogP contribution in [0.5, 0.6) is 0 Å². The molecule has 0 atom stereocenters. The average Bonchev–Trinajstić information content (AvgIpc) is 3.18. The fourth-order valence-electron chi connectivity index (χ4n) is 2.60. The predicted molar refractivity (Wildman–Crippen MR) is 106 cm³/mol. The number of hydrogen-bond acceptors (Lipinski definition) is 4. The molecule has 138 valence electrons. The van der Waals surface area contributed by atoms with Crippen molar-refractivity contribution in [1.82, 2.24) is 0 Å². The summed E-state index contributed by atoms with van der Waals surface area (Å²) in [4.78, 5) is 24.3. The van der Waals surface area contributed by atoms with E-state index in [-0.39, 0.29) is 24.1 Å². The van der Waals surface area contributed by atoms with E-state index in [2.05, 4.69) is 16.0 Å². The van der Waals surface area contributed by atoms with Crippen LogP contribution in [-0.4, -0.2) is 18.4 Å². The monoisotopic (exact) mass is 363 g/mol. The summed E-state index contributed by atoms with van der Waals surface area (Å²) in [7, 11) is 0. The third-order valence-electron chi connectivity index (χ3n) is 4.19. The van der Waals surface area contributed by atoms with Crippen molar-refractivity contribution >= 4 is 28.9 Å². The molecule has 0 radical (unpaired) electrons. The SMILES string of the molecule is Cc1cccc(NCC(=O)Nc2cccc(NC(=O)c3ccco3)c2)c1C. The summed E-state index contributed by atoms with van der Waals surface area (Å²) in [6, 6.07) is 16.1. The molecule has 0 saturated heterocycles. The number of aryl methyl sites for hydroxylation is 1. The maximum absolute atomic E-state index is 12.2. The highest BCUT2D eigenvalue weighted by atomic mass is 16.3. The number of furan rings is 1. The van der Waals surface area contributed by atoms with Gasteiger partial charge in [-0.25, -0.2) is 0 Å². The molecule has 2 aromatic carbocycles. The average molecular weight is 363 g/mol. The first kappa shape index (κ1) is 18.3. The summed E-state index contributed by atoms with van der Waals surface area (Å²) < 4.78 is 5.06. The lowest BCUT2D eigenvalue weighted by Gasteiger charge is -2.12. The highest BCUT2D eigenvalue weighted by molar-refractivity contribution is 6.02. The third kappa shape index (κ3) is 4.76. The fourth-order valence-corrected chi connectivity index (χ4v) is 2.60. The van der Waals surface area contributed by atoms with Crippen LogP contribution >= 0.6 is 0 Å². The number of rotatable bonds is 6. The Morgan fingerprint density at radius 3 is 2.41 bits per heavy atom. The predicted octanol–water partition coefficient (Wildman–Crippen LogP) is 4.20. The van der Waals surface area contributed by atoms with E-state index in [0.29, 0.717) is 11.4 Å². The van der Waals surface area contributed by atoms with Crippen LogP contribution in [0, 0.1) is 13.8 Å². The van der Waals surface area contributed by atoms with E-state index in [4.69, 9.17) is 4.42 Å². The lowest BCUT2D eigenvalue weighted by atomic mass is 10.1. The molecule has 0 saturated carbocycles. The van der Waals surface area contributed by atoms with Crippen molar-refractivity contribution in [3.63, 3.8) is 0 Å². The highest BCUT2D eigenvalue weighted by Gasteiger charge is 2.10. The van der Waals surface area contributed by atoms with Gasteiger partial charge in [-0.2, -0.15) is 0 Å². The van der Waals surface area contributed by atoms with E-state index in [1.54, 1.807) is 36.4 Å². The number of carbonyl (C=O) groups is 2. The van der Waals surface area contributed by atoms with Gasteiger partial charge in [0, 0.05) is 17.1 Å². The van der Waals surface area contributed by atoms with E-state index in [9.17, 15) is 9.59 Å². The number of anilines is 3. The standard InChI is InChI=1S/C21H21N3O3/c1-14-6-3-9-18(15(14)2)22-13-20(25)23-16-7-4-8-17(12-16)24-21(26)19-10-5-11-27-19/h3-12,22H,13H2,1-2H3,(H,23,25)(H,24,26). The summed E-state index contributed by atoms with van der Waals surface area (Å²) in [6.07, 6.45) is 1.44. The molecule has 6 nitrogen and oxygen atoms in total. The summed E-state index contributed by atoms with van der Waals surface area (Å²) >= 11 is 0. The second-order valence-corrected chi connectivity index (χ2v) is 6.16. The van der Waals surface area contributed by atoms with Gasteiger partial charge in [0.15, 0.2) is 5.76 Å². The molecule has 1 heterocycles. The molecule has 3 aromatic rings. The van der Waals surface area contributed by atoms with Crippen LogP contribution in [0.3, 0.4) is 0 Å². The zero-order valence-corrected chi connectivity index (χ0v) is 15.2. The molecule has 6 heteroatoms. The summed E-state index contributed by atoms with van der Waals surface area (Å²) in [5.41, 5.74) is 4.38. The van der Waals surface area contributed by atoms with Crippen LogP contribution in [0.2, 0.25) is 0 Å². The van der Waals surface area contributed by atoms with Gasteiger partial charge >= 0.3 is 0 Å². The first-order valence-corrected chi connectivity index (χ1v) is 8.58. The third-order valence-corrected chi connectivity index (χ3v) is 4.19. The van der Waals surface area contributed by atoms with Gasteiger partial charge < -0.3 is 20.4 Å². The highest BCUT2D eigenvalue weighted by Crippen LogP contribution is 2.18. The molecule has 27 heavy (non-hydrogen) atoms. The fraction of sp³-hybridized carbons (Fsp3) is 0.143. The van der Waals surface area contributed by atoms with E-state index in [1.165, 1.54) is 11.8 Å². The number of amides is 2. The number of carbonyl (C=O) groups excluding carboxylic acids is 2. The van der Waals surface area contributed by atoms with E-state index in [1.807, 2.05) is 32.0 Å². The van der Waals surface area contributed by atoms with Gasteiger partial charge in [0.05, 0.1) is 12.8 Å². The van der Waals surface area contributed by atoms with Crippen molar-refractivity contribution in [2.45, 2.75) is 13.8 Å². The first-order chi connectivity index (χ1) is 13.0. The minimum atomic E-state index is -0.347. The molecule has 3 N–H and O–H groups in total. The van der Waals surface area contributed by atoms with Gasteiger partial charge in [-0.05, 0) is 61.4 Å². The molecule has 0 spiro atoms. The number of nitrogens with one attached hydrogen (secondary N) is 3. The van der Waals surface area contributed by atoms with Gasteiger partial charge in [-0.1, -0.05) is 18.2 Å². The molecular weight excluding hydrogens is 342 g/mol. The maximum Gasteiger partial charge on any atom is 0.291 e. The van der Waals surface area contributed by atoms with E-state index >= 15 is 0 Å². The quantitative estimate of drug-likeness (QED) is 0.613. The van der Waals surface area contributed by atoms with Gasteiger partial charge in [0.1, 0.15) is 0 Å². The van der Waals surface area contributed by atoms with Crippen LogP contribution in [0.25, 0.3) is 0 Å². The van der Waals surface area contributed by atoms with Crippen LogP contribution in [0.4, 0.5) is 17.1 Å². The van der Waals surface area contributed by atoms with Crippen molar-refractivity contribution < 1.29 is 14.0 Å². The van der Waals surface area contributed by atoms with Crippen molar-refractivity contribution in [3.8, 4) is 0 Å². The summed E-state index contributed by atoms with van der Waals surface area (Å²) in [6.45, 7) is 4.19. The second kappa shape index (κ2) is 8.23. The Morgan fingerprint density at radius 1 is 0.926 bits per heavy atom. The lowest BCUT2D eigenvalue weighted by molar-refractivity contribution is -0.114. The zero-order valence-electron chi connectivity index (χ0n) is 15.2. The normalized spacial score (nSPS) is 10.3. The van der Waals surface area contributed by atoms with Gasteiger partial charge in [0.25, 0.3) is 5.91 Å². The molecule has 0 unspecified atom stereocenters. The molecule has 0 aliphatic carbocycles. The van der Waals surface area contributed by atoms with Crippen LogP contribution in [0.15, 0.2) is 65.3 Å². The van der Waals surface area contributed by atoms with Crippen LogP contribution < -0.4 is 16.0 Å².